The zero-order chi connectivity index (χ0) is 17.4. The third-order valence-corrected chi connectivity index (χ3v) is 3.83. The number of ether oxygens (including phenoxy) is 2. The van der Waals surface area contributed by atoms with Crippen molar-refractivity contribution in [2.75, 3.05) is 6.61 Å². The first kappa shape index (κ1) is 18.0. The predicted molar refractivity (Wildman–Crippen MR) is 95.2 cm³/mol. The molecule has 2 aromatic rings. The average molecular weight is 327 g/mol. The Kier molecular flexibility index (Phi) is 6.82. The minimum absolute atomic E-state index is 0.0933. The fourth-order valence-corrected chi connectivity index (χ4v) is 2.25. The highest BCUT2D eigenvalue weighted by Gasteiger charge is 2.16. The van der Waals surface area contributed by atoms with Crippen LogP contribution in [0.5, 0.6) is 5.75 Å². The van der Waals surface area contributed by atoms with Crippen LogP contribution in [0.1, 0.15) is 36.7 Å². The first-order chi connectivity index (χ1) is 11.6. The second-order valence-electron chi connectivity index (χ2n) is 5.72. The number of hydrogen-bond donors (Lipinski definition) is 1. The van der Waals surface area contributed by atoms with E-state index in [1.54, 1.807) is 12.1 Å². The molecule has 1 N–H and O–H groups in total. The molecule has 1 amide bonds. The highest BCUT2D eigenvalue weighted by Crippen LogP contribution is 2.14. The van der Waals surface area contributed by atoms with Crippen LogP contribution in [-0.4, -0.2) is 24.7 Å². The molecule has 4 heteroatoms. The smallest absolute Gasteiger partial charge is 0.251 e. The van der Waals surface area contributed by atoms with Crippen molar-refractivity contribution in [3.63, 3.8) is 0 Å². The number of hydrogen-bond acceptors (Lipinski definition) is 3. The molecule has 128 valence electrons. The summed E-state index contributed by atoms with van der Waals surface area (Å²) in [6.45, 7) is 6.93. The summed E-state index contributed by atoms with van der Waals surface area (Å²) in [5.74, 6) is 0.574. The minimum atomic E-state index is -0.126. The van der Waals surface area contributed by atoms with Gasteiger partial charge in [-0.15, -0.1) is 0 Å². The van der Waals surface area contributed by atoms with Gasteiger partial charge in [0.2, 0.25) is 0 Å². The van der Waals surface area contributed by atoms with Gasteiger partial charge in [-0.2, -0.15) is 0 Å². The van der Waals surface area contributed by atoms with Crippen LogP contribution in [0.3, 0.4) is 0 Å². The van der Waals surface area contributed by atoms with Gasteiger partial charge in [0, 0.05) is 5.56 Å². The molecule has 2 rings (SSSR count). The Hall–Kier alpha value is -2.33. The molecule has 24 heavy (non-hydrogen) atoms. The molecule has 0 aliphatic heterocycles. The molecule has 0 saturated heterocycles. The molecule has 4 nitrogen and oxygen atoms in total. The van der Waals surface area contributed by atoms with Gasteiger partial charge in [0.25, 0.3) is 5.91 Å². The highest BCUT2D eigenvalue weighted by molar-refractivity contribution is 5.94. The molecule has 0 fully saturated rings. The number of carbonyl (C=O) groups is 1. The summed E-state index contributed by atoms with van der Waals surface area (Å²) >= 11 is 0. The van der Waals surface area contributed by atoms with E-state index in [4.69, 9.17) is 9.47 Å². The van der Waals surface area contributed by atoms with E-state index in [9.17, 15) is 4.79 Å². The average Bonchev–Trinajstić information content (AvgIpc) is 2.61. The summed E-state index contributed by atoms with van der Waals surface area (Å²) in [6, 6.07) is 17.1. The van der Waals surface area contributed by atoms with Crippen LogP contribution < -0.4 is 10.1 Å². The van der Waals surface area contributed by atoms with E-state index >= 15 is 0 Å². The van der Waals surface area contributed by atoms with Gasteiger partial charge >= 0.3 is 0 Å². The molecule has 1 unspecified atom stereocenters. The van der Waals surface area contributed by atoms with E-state index in [-0.39, 0.29) is 18.1 Å². The quantitative estimate of drug-likeness (QED) is 0.802. The molecule has 0 saturated carbocycles. The van der Waals surface area contributed by atoms with Gasteiger partial charge in [-0.1, -0.05) is 36.4 Å². The van der Waals surface area contributed by atoms with E-state index in [0.29, 0.717) is 24.5 Å². The summed E-state index contributed by atoms with van der Waals surface area (Å²) in [5, 5.41) is 2.98. The maximum Gasteiger partial charge on any atom is 0.251 e. The Balaban J connectivity index is 1.87. The van der Waals surface area contributed by atoms with E-state index in [1.165, 1.54) is 0 Å². The normalized spacial score (nSPS) is 13.1. The van der Waals surface area contributed by atoms with E-state index < -0.39 is 0 Å². The third kappa shape index (κ3) is 5.39. The van der Waals surface area contributed by atoms with Gasteiger partial charge in [-0.3, -0.25) is 4.79 Å². The van der Waals surface area contributed by atoms with Crippen LogP contribution in [0.25, 0.3) is 0 Å². The SMILES string of the molecule is CCOc1cccc(C(=O)N[C@@H](C)C(C)OCc2ccccc2)c1. The molecule has 2 aromatic carbocycles. The lowest BCUT2D eigenvalue weighted by Gasteiger charge is -2.22. The molecular formula is C20H25NO3. The van der Waals surface area contributed by atoms with Crippen LogP contribution in [-0.2, 0) is 11.3 Å². The second-order valence-corrected chi connectivity index (χ2v) is 5.72. The lowest BCUT2D eigenvalue weighted by molar-refractivity contribution is 0.0302. The second kappa shape index (κ2) is 9.08. The van der Waals surface area contributed by atoms with Crippen LogP contribution in [0.15, 0.2) is 54.6 Å². The van der Waals surface area contributed by atoms with E-state index in [0.717, 1.165) is 5.56 Å². The molecule has 0 radical (unpaired) electrons. The maximum absolute atomic E-state index is 12.4. The Bertz CT molecular complexity index is 642. The van der Waals surface area contributed by atoms with Crippen molar-refractivity contribution in [2.24, 2.45) is 0 Å². The Morgan fingerprint density at radius 1 is 1.08 bits per heavy atom. The topological polar surface area (TPSA) is 47.6 Å². The summed E-state index contributed by atoms with van der Waals surface area (Å²) in [7, 11) is 0. The molecule has 0 heterocycles. The zero-order valence-electron chi connectivity index (χ0n) is 14.5. The van der Waals surface area contributed by atoms with Crippen molar-refractivity contribution in [3.05, 3.63) is 65.7 Å². The molecule has 0 aromatic heterocycles. The molecule has 2 atom stereocenters. The Morgan fingerprint density at radius 3 is 2.54 bits per heavy atom. The van der Waals surface area contributed by atoms with Gasteiger partial charge in [0.15, 0.2) is 0 Å². The summed E-state index contributed by atoms with van der Waals surface area (Å²) in [6.07, 6.45) is -0.0933. The van der Waals surface area contributed by atoms with Crippen molar-refractivity contribution >= 4 is 5.91 Å². The number of amides is 1. The lowest BCUT2D eigenvalue weighted by atomic mass is 10.1. The van der Waals surface area contributed by atoms with Gasteiger partial charge in [0.05, 0.1) is 25.4 Å². The predicted octanol–water partition coefficient (Wildman–Crippen LogP) is 3.81. The van der Waals surface area contributed by atoms with Crippen LogP contribution >= 0.6 is 0 Å². The van der Waals surface area contributed by atoms with Crippen LogP contribution in [0.2, 0.25) is 0 Å². The number of nitrogens with one attached hydrogen (secondary N) is 1. The first-order valence-corrected chi connectivity index (χ1v) is 8.29. The minimum Gasteiger partial charge on any atom is -0.494 e. The van der Waals surface area contributed by atoms with Crippen molar-refractivity contribution in [1.82, 2.24) is 5.32 Å². The lowest BCUT2D eigenvalue weighted by Crippen LogP contribution is -2.41. The summed E-state index contributed by atoms with van der Waals surface area (Å²) in [5.41, 5.74) is 1.70. The monoisotopic (exact) mass is 327 g/mol. The van der Waals surface area contributed by atoms with Gasteiger partial charge in [-0.25, -0.2) is 0 Å². The van der Waals surface area contributed by atoms with Crippen molar-refractivity contribution < 1.29 is 14.3 Å². The van der Waals surface area contributed by atoms with Crippen LogP contribution in [0.4, 0.5) is 0 Å². The fraction of sp³-hybridized carbons (Fsp3) is 0.350. The fourth-order valence-electron chi connectivity index (χ4n) is 2.25. The first-order valence-electron chi connectivity index (χ1n) is 8.29. The Morgan fingerprint density at radius 2 is 1.83 bits per heavy atom. The number of benzene rings is 2. The molecule has 0 bridgehead atoms. The van der Waals surface area contributed by atoms with Crippen LogP contribution in [0, 0.1) is 0 Å². The largest absolute Gasteiger partial charge is 0.494 e. The zero-order valence-corrected chi connectivity index (χ0v) is 14.5. The van der Waals surface area contributed by atoms with Crippen molar-refractivity contribution in [2.45, 2.75) is 39.5 Å². The standard InChI is InChI=1S/C20H25NO3/c1-4-23-19-12-8-11-18(13-19)20(22)21-15(2)16(3)24-14-17-9-6-5-7-10-17/h5-13,15-16H,4,14H2,1-3H3,(H,21,22)/t15-,16?/m0/s1. The summed E-state index contributed by atoms with van der Waals surface area (Å²) < 4.78 is 11.3. The number of carbonyl (C=O) groups excluding carboxylic acids is 1. The molecular weight excluding hydrogens is 302 g/mol. The van der Waals surface area contributed by atoms with E-state index in [1.807, 2.05) is 63.2 Å². The highest BCUT2D eigenvalue weighted by atomic mass is 16.5. The van der Waals surface area contributed by atoms with Gasteiger partial charge in [-0.05, 0) is 44.5 Å². The molecule has 0 aliphatic carbocycles. The Labute approximate surface area is 143 Å². The van der Waals surface area contributed by atoms with Gasteiger partial charge < -0.3 is 14.8 Å². The maximum atomic E-state index is 12.4. The molecule has 0 spiro atoms. The summed E-state index contributed by atoms with van der Waals surface area (Å²) in [4.78, 5) is 12.4. The van der Waals surface area contributed by atoms with Crippen molar-refractivity contribution in [1.29, 1.82) is 0 Å². The number of rotatable bonds is 8. The third-order valence-electron chi connectivity index (χ3n) is 3.83. The van der Waals surface area contributed by atoms with E-state index in [2.05, 4.69) is 5.32 Å². The molecule has 0 aliphatic rings. The van der Waals surface area contributed by atoms with Gasteiger partial charge in [0.1, 0.15) is 5.75 Å². The van der Waals surface area contributed by atoms with Crippen molar-refractivity contribution in [3.8, 4) is 5.75 Å².